The zero-order valence-electron chi connectivity index (χ0n) is 12.2. The molecule has 0 aliphatic heterocycles. The quantitative estimate of drug-likeness (QED) is 0.726. The fraction of sp³-hybridized carbons (Fsp3) is 0.176. The van der Waals surface area contributed by atoms with Crippen LogP contribution < -0.4 is 10.5 Å². The lowest BCUT2D eigenvalue weighted by Crippen LogP contribution is -2.19. The van der Waals surface area contributed by atoms with E-state index >= 15 is 0 Å². The number of benzene rings is 2. The number of aromatic nitrogens is 2. The zero-order chi connectivity index (χ0) is 15.4. The van der Waals surface area contributed by atoms with E-state index in [1.54, 1.807) is 0 Å². The second-order valence-electron chi connectivity index (χ2n) is 4.95. The Morgan fingerprint density at radius 3 is 2.73 bits per heavy atom. The second-order valence-corrected chi connectivity index (χ2v) is 4.95. The maximum absolute atomic E-state index is 11.8. The molecule has 0 fully saturated rings. The Bertz CT molecular complexity index is 806. The Hall–Kier alpha value is -2.82. The van der Waals surface area contributed by atoms with E-state index in [0.29, 0.717) is 19.0 Å². The topological polar surface area (TPSA) is 57.3 Å². The van der Waals surface area contributed by atoms with E-state index in [1.165, 1.54) is 4.57 Å². The van der Waals surface area contributed by atoms with Crippen LogP contribution in [0.3, 0.4) is 0 Å². The van der Waals surface area contributed by atoms with Gasteiger partial charge in [0.05, 0.1) is 6.54 Å². The monoisotopic (exact) mass is 296 g/mol. The number of ether oxygens (including phenoxy) is 1. The van der Waals surface area contributed by atoms with Gasteiger partial charge in [0.1, 0.15) is 12.4 Å². The van der Waals surface area contributed by atoms with Crippen LogP contribution in [0.1, 0.15) is 5.56 Å². The third-order valence-corrected chi connectivity index (χ3v) is 3.29. The second kappa shape index (κ2) is 6.30. The third kappa shape index (κ3) is 3.09. The normalized spacial score (nSPS) is 10.6. The van der Waals surface area contributed by atoms with Gasteiger partial charge in [-0.15, -0.1) is 0 Å². The lowest BCUT2D eigenvalue weighted by molar-refractivity contribution is 0.290. The molecule has 5 heteroatoms. The smallest absolute Gasteiger partial charge is 0.441 e. The molecule has 0 amide bonds. The van der Waals surface area contributed by atoms with Crippen molar-refractivity contribution < 1.29 is 9.26 Å². The third-order valence-electron chi connectivity index (χ3n) is 3.29. The Labute approximate surface area is 127 Å². The van der Waals surface area contributed by atoms with E-state index in [0.717, 1.165) is 16.9 Å². The molecule has 1 aromatic heterocycles. The van der Waals surface area contributed by atoms with Crippen LogP contribution in [0.15, 0.2) is 63.9 Å². The van der Waals surface area contributed by atoms with Crippen LogP contribution in [0.25, 0.3) is 11.4 Å². The maximum Gasteiger partial charge on any atom is 0.441 e. The Morgan fingerprint density at radius 2 is 1.95 bits per heavy atom. The minimum absolute atomic E-state index is 0.365. The SMILES string of the molecule is Cc1cccc(OCCn2c(-c3ccccc3)noc2=O)c1. The number of rotatable bonds is 5. The predicted molar refractivity (Wildman–Crippen MR) is 82.9 cm³/mol. The summed E-state index contributed by atoms with van der Waals surface area (Å²) in [5.41, 5.74) is 1.97. The first-order chi connectivity index (χ1) is 10.7. The van der Waals surface area contributed by atoms with E-state index in [-0.39, 0.29) is 0 Å². The van der Waals surface area contributed by atoms with E-state index < -0.39 is 5.76 Å². The van der Waals surface area contributed by atoms with Crippen molar-refractivity contribution in [3.05, 3.63) is 70.7 Å². The summed E-state index contributed by atoms with van der Waals surface area (Å²) in [5, 5.41) is 3.85. The van der Waals surface area contributed by atoms with Gasteiger partial charge in [-0.25, -0.2) is 4.79 Å². The van der Waals surface area contributed by atoms with Crippen LogP contribution in [0.5, 0.6) is 5.75 Å². The molecule has 0 N–H and O–H groups in total. The molecule has 0 atom stereocenters. The van der Waals surface area contributed by atoms with Gasteiger partial charge in [0, 0.05) is 5.56 Å². The standard InChI is InChI=1S/C17H16N2O3/c1-13-6-5-9-15(12-13)21-11-10-19-16(18-22-17(19)20)14-7-3-2-4-8-14/h2-9,12H,10-11H2,1H3. The number of hydrogen-bond acceptors (Lipinski definition) is 4. The van der Waals surface area contributed by atoms with E-state index in [2.05, 4.69) is 5.16 Å². The lowest BCUT2D eigenvalue weighted by Gasteiger charge is -2.08. The van der Waals surface area contributed by atoms with Crippen molar-refractivity contribution in [2.75, 3.05) is 6.61 Å². The van der Waals surface area contributed by atoms with Gasteiger partial charge < -0.3 is 4.74 Å². The highest BCUT2D eigenvalue weighted by atomic mass is 16.5. The summed E-state index contributed by atoms with van der Waals surface area (Å²) in [5.74, 6) is 0.816. The van der Waals surface area contributed by atoms with Gasteiger partial charge in [-0.1, -0.05) is 47.6 Å². The highest BCUT2D eigenvalue weighted by Gasteiger charge is 2.12. The molecular weight excluding hydrogens is 280 g/mol. The van der Waals surface area contributed by atoms with Gasteiger partial charge >= 0.3 is 5.76 Å². The summed E-state index contributed by atoms with van der Waals surface area (Å²) < 4.78 is 11.9. The van der Waals surface area contributed by atoms with Gasteiger partial charge in [-0.2, -0.15) is 0 Å². The van der Waals surface area contributed by atoms with Crippen molar-refractivity contribution in [2.45, 2.75) is 13.5 Å². The molecule has 0 unspecified atom stereocenters. The summed E-state index contributed by atoms with van der Waals surface area (Å²) >= 11 is 0. The highest BCUT2D eigenvalue weighted by Crippen LogP contribution is 2.15. The van der Waals surface area contributed by atoms with Crippen molar-refractivity contribution in [3.8, 4) is 17.1 Å². The molecule has 5 nitrogen and oxygen atoms in total. The first-order valence-corrected chi connectivity index (χ1v) is 7.05. The van der Waals surface area contributed by atoms with Crippen molar-refractivity contribution in [2.24, 2.45) is 0 Å². The Morgan fingerprint density at radius 1 is 1.14 bits per heavy atom. The summed E-state index contributed by atoms with van der Waals surface area (Å²) in [6.07, 6.45) is 0. The van der Waals surface area contributed by atoms with Crippen molar-refractivity contribution in [3.63, 3.8) is 0 Å². The minimum atomic E-state index is -0.480. The zero-order valence-corrected chi connectivity index (χ0v) is 12.2. The van der Waals surface area contributed by atoms with Crippen LogP contribution in [0.2, 0.25) is 0 Å². The van der Waals surface area contributed by atoms with E-state index in [1.807, 2.05) is 61.5 Å². The largest absolute Gasteiger partial charge is 0.492 e. The fourth-order valence-corrected chi connectivity index (χ4v) is 2.22. The molecule has 22 heavy (non-hydrogen) atoms. The van der Waals surface area contributed by atoms with Crippen LogP contribution in [-0.2, 0) is 6.54 Å². The molecule has 112 valence electrons. The van der Waals surface area contributed by atoms with E-state index in [4.69, 9.17) is 9.26 Å². The van der Waals surface area contributed by atoms with Crippen LogP contribution in [0, 0.1) is 6.92 Å². The van der Waals surface area contributed by atoms with Gasteiger partial charge in [0.2, 0.25) is 0 Å². The molecule has 0 saturated carbocycles. The first-order valence-electron chi connectivity index (χ1n) is 7.05. The molecule has 2 aromatic carbocycles. The van der Waals surface area contributed by atoms with Crippen molar-refractivity contribution in [1.29, 1.82) is 0 Å². The lowest BCUT2D eigenvalue weighted by atomic mass is 10.2. The maximum atomic E-state index is 11.8. The number of hydrogen-bond donors (Lipinski definition) is 0. The average Bonchev–Trinajstić information content (AvgIpc) is 2.90. The van der Waals surface area contributed by atoms with Gasteiger partial charge in [-0.3, -0.25) is 9.09 Å². The van der Waals surface area contributed by atoms with Gasteiger partial charge in [0.25, 0.3) is 0 Å². The Balaban J connectivity index is 1.73. The van der Waals surface area contributed by atoms with Crippen LogP contribution >= 0.6 is 0 Å². The molecule has 3 aromatic rings. The molecule has 0 spiro atoms. The fourth-order valence-electron chi connectivity index (χ4n) is 2.22. The summed E-state index contributed by atoms with van der Waals surface area (Å²) in [6, 6.07) is 17.2. The number of aryl methyl sites for hydroxylation is 1. The molecule has 0 aliphatic carbocycles. The summed E-state index contributed by atoms with van der Waals surface area (Å²) in [7, 11) is 0. The number of nitrogens with zero attached hydrogens (tertiary/aromatic N) is 2. The van der Waals surface area contributed by atoms with Gasteiger partial charge in [-0.05, 0) is 24.6 Å². The molecule has 0 radical (unpaired) electrons. The molecule has 0 saturated heterocycles. The average molecular weight is 296 g/mol. The molecule has 0 aliphatic rings. The Kier molecular flexibility index (Phi) is 4.05. The van der Waals surface area contributed by atoms with Gasteiger partial charge in [0.15, 0.2) is 5.82 Å². The van der Waals surface area contributed by atoms with Crippen molar-refractivity contribution >= 4 is 0 Å². The molecule has 1 heterocycles. The van der Waals surface area contributed by atoms with Crippen LogP contribution in [-0.4, -0.2) is 16.3 Å². The minimum Gasteiger partial charge on any atom is -0.492 e. The first kappa shape index (κ1) is 14.1. The summed E-state index contributed by atoms with van der Waals surface area (Å²) in [4.78, 5) is 11.8. The molecule has 3 rings (SSSR count). The van der Waals surface area contributed by atoms with Crippen molar-refractivity contribution in [1.82, 2.24) is 9.72 Å². The van der Waals surface area contributed by atoms with Crippen LogP contribution in [0.4, 0.5) is 0 Å². The predicted octanol–water partition coefficient (Wildman–Crippen LogP) is 2.89. The summed E-state index contributed by atoms with van der Waals surface area (Å²) in [6.45, 7) is 2.75. The molecular formula is C17H16N2O3. The highest BCUT2D eigenvalue weighted by molar-refractivity contribution is 5.54. The molecule has 0 bridgehead atoms. The van der Waals surface area contributed by atoms with E-state index in [9.17, 15) is 4.79 Å².